The Morgan fingerprint density at radius 3 is 2.62 bits per heavy atom. The highest BCUT2D eigenvalue weighted by atomic mass is 16.7. The number of hydrogen-bond donors (Lipinski definition) is 1. The van der Waals surface area contributed by atoms with E-state index in [-0.39, 0.29) is 16.6 Å². The molecule has 5 rings (SSSR count). The van der Waals surface area contributed by atoms with Crippen LogP contribution in [0.2, 0.25) is 0 Å². The van der Waals surface area contributed by atoms with Crippen molar-refractivity contribution in [1.29, 1.82) is 0 Å². The van der Waals surface area contributed by atoms with Gasteiger partial charge in [0.05, 0.1) is 18.9 Å². The van der Waals surface area contributed by atoms with Crippen LogP contribution in [0.4, 0.5) is 0 Å². The predicted octanol–water partition coefficient (Wildman–Crippen LogP) is 2.86. The monoisotopic (exact) mass is 288 g/mol. The molecule has 1 aliphatic heterocycles. The fraction of sp³-hybridized carbons (Fsp3) is 0.824. The molecule has 3 unspecified atom stereocenters. The zero-order valence-electron chi connectivity index (χ0n) is 13.2. The Bertz CT molecular complexity index is 633. The Kier molecular flexibility index (Phi) is 2.04. The van der Waals surface area contributed by atoms with Gasteiger partial charge in [-0.3, -0.25) is 0 Å². The molecule has 114 valence electrons. The summed E-state index contributed by atoms with van der Waals surface area (Å²) in [7, 11) is 0. The molecular formula is C17H24N2O2. The molecule has 3 aliphatic carbocycles. The molecule has 2 heterocycles. The number of rotatable bonds is 0. The first kappa shape index (κ1) is 12.7. The van der Waals surface area contributed by atoms with Gasteiger partial charge in [0.2, 0.25) is 0 Å². The number of imidazole rings is 1. The fourth-order valence-corrected chi connectivity index (χ4v) is 6.21. The third-order valence-electron chi connectivity index (χ3n) is 7.41. The van der Waals surface area contributed by atoms with Crippen molar-refractivity contribution in [2.75, 3.05) is 13.2 Å². The summed E-state index contributed by atoms with van der Waals surface area (Å²) in [4.78, 5) is 8.38. The van der Waals surface area contributed by atoms with Crippen LogP contribution < -0.4 is 0 Å². The molecule has 1 N–H and O–H groups in total. The molecule has 3 fully saturated rings. The Morgan fingerprint density at radius 2 is 1.86 bits per heavy atom. The summed E-state index contributed by atoms with van der Waals surface area (Å²) < 4.78 is 12.3. The molecule has 0 amide bonds. The minimum absolute atomic E-state index is 0.161. The van der Waals surface area contributed by atoms with Crippen molar-refractivity contribution in [1.82, 2.24) is 9.97 Å². The highest BCUT2D eigenvalue weighted by molar-refractivity contribution is 5.41. The average molecular weight is 288 g/mol. The van der Waals surface area contributed by atoms with E-state index in [2.05, 4.69) is 25.8 Å². The third-order valence-corrected chi connectivity index (χ3v) is 7.41. The van der Waals surface area contributed by atoms with Crippen LogP contribution in [0, 0.1) is 17.8 Å². The Morgan fingerprint density at radius 1 is 1.10 bits per heavy atom. The molecule has 4 aliphatic rings. The zero-order valence-corrected chi connectivity index (χ0v) is 13.2. The van der Waals surface area contributed by atoms with Crippen LogP contribution in [0.5, 0.6) is 0 Å². The van der Waals surface area contributed by atoms with E-state index in [1.165, 1.54) is 24.2 Å². The quantitative estimate of drug-likeness (QED) is 0.798. The molecule has 0 bridgehead atoms. The zero-order chi connectivity index (χ0) is 14.5. The Hall–Kier alpha value is -0.870. The van der Waals surface area contributed by atoms with E-state index in [1.807, 2.05) is 0 Å². The van der Waals surface area contributed by atoms with E-state index in [9.17, 15) is 0 Å². The first-order valence-electron chi connectivity index (χ1n) is 8.30. The van der Waals surface area contributed by atoms with Gasteiger partial charge in [-0.15, -0.1) is 0 Å². The van der Waals surface area contributed by atoms with Gasteiger partial charge >= 0.3 is 0 Å². The highest BCUT2D eigenvalue weighted by Crippen LogP contribution is 2.83. The molecule has 3 atom stereocenters. The second kappa shape index (κ2) is 3.38. The number of nitrogens with one attached hydrogen (secondary N) is 1. The van der Waals surface area contributed by atoms with Gasteiger partial charge in [0.25, 0.3) is 0 Å². The van der Waals surface area contributed by atoms with Crippen LogP contribution >= 0.6 is 0 Å². The minimum atomic E-state index is -0.310. The van der Waals surface area contributed by atoms with Crippen LogP contribution in [-0.2, 0) is 21.3 Å². The van der Waals surface area contributed by atoms with E-state index in [0.717, 1.165) is 38.3 Å². The normalized spacial score (nSPS) is 46.0. The molecular weight excluding hydrogens is 264 g/mol. The number of aromatic nitrogens is 2. The Balaban J connectivity index is 1.66. The molecule has 0 radical (unpaired) electrons. The lowest BCUT2D eigenvalue weighted by atomic mass is 9.55. The summed E-state index contributed by atoms with van der Waals surface area (Å²) in [5.41, 5.74) is 3.37. The van der Waals surface area contributed by atoms with Gasteiger partial charge in [0, 0.05) is 22.9 Å². The molecule has 1 aromatic rings. The molecule has 1 saturated heterocycles. The summed E-state index contributed by atoms with van der Waals surface area (Å²) in [6.07, 6.45) is 5.72. The van der Waals surface area contributed by atoms with Gasteiger partial charge in [-0.1, -0.05) is 13.8 Å². The fourth-order valence-electron chi connectivity index (χ4n) is 6.21. The molecule has 21 heavy (non-hydrogen) atoms. The minimum Gasteiger partial charge on any atom is -0.347 e. The highest BCUT2D eigenvalue weighted by Gasteiger charge is 2.83. The van der Waals surface area contributed by atoms with Crippen molar-refractivity contribution >= 4 is 0 Å². The number of nitrogens with zero attached hydrogens (tertiary/aromatic N) is 1. The number of fused-ring (bicyclic) bond motifs is 3. The lowest BCUT2D eigenvalue weighted by molar-refractivity contribution is -0.239. The maximum atomic E-state index is 6.17. The second-order valence-corrected chi connectivity index (χ2v) is 8.02. The van der Waals surface area contributed by atoms with Crippen molar-refractivity contribution in [2.45, 2.75) is 64.1 Å². The van der Waals surface area contributed by atoms with Crippen LogP contribution in [0.3, 0.4) is 0 Å². The summed E-state index contributed by atoms with van der Waals surface area (Å²) in [5, 5.41) is 0. The van der Waals surface area contributed by atoms with Crippen molar-refractivity contribution in [3.8, 4) is 0 Å². The lowest BCUT2D eigenvalue weighted by Crippen LogP contribution is -2.55. The average Bonchev–Trinajstić information content (AvgIpc) is 2.83. The number of aryl methyl sites for hydroxylation is 2. The maximum absolute atomic E-state index is 6.17. The molecule has 4 nitrogen and oxygen atoms in total. The largest absolute Gasteiger partial charge is 0.347 e. The molecule has 2 saturated carbocycles. The van der Waals surface area contributed by atoms with Gasteiger partial charge in [0.15, 0.2) is 5.79 Å². The molecule has 4 heteroatoms. The van der Waals surface area contributed by atoms with Gasteiger partial charge < -0.3 is 14.5 Å². The van der Waals surface area contributed by atoms with Gasteiger partial charge in [-0.2, -0.15) is 0 Å². The second-order valence-electron chi connectivity index (χ2n) is 8.02. The Labute approximate surface area is 125 Å². The van der Waals surface area contributed by atoms with Crippen molar-refractivity contribution in [3.05, 3.63) is 17.2 Å². The van der Waals surface area contributed by atoms with E-state index >= 15 is 0 Å². The number of aromatic amines is 1. The van der Waals surface area contributed by atoms with Crippen molar-refractivity contribution in [3.63, 3.8) is 0 Å². The van der Waals surface area contributed by atoms with Crippen molar-refractivity contribution in [2.24, 2.45) is 10.8 Å². The van der Waals surface area contributed by atoms with E-state index < -0.39 is 0 Å². The molecule has 1 aromatic heterocycles. The van der Waals surface area contributed by atoms with Gasteiger partial charge in [0.1, 0.15) is 5.82 Å². The lowest BCUT2D eigenvalue weighted by Gasteiger charge is -2.53. The van der Waals surface area contributed by atoms with Crippen LogP contribution in [0.25, 0.3) is 0 Å². The van der Waals surface area contributed by atoms with E-state index in [1.54, 1.807) is 0 Å². The van der Waals surface area contributed by atoms with Crippen molar-refractivity contribution < 1.29 is 9.47 Å². The first-order valence-corrected chi connectivity index (χ1v) is 8.30. The van der Waals surface area contributed by atoms with E-state index in [0.29, 0.717) is 5.41 Å². The standard InChI is InChI=1S/C17H24N2O2/c1-11-18-12-4-5-16-10-15(16,3)17(20-8-9-21-17)7-6-14(16,2)13(12)19-11/h4-10H2,1-3H3,(H,18,19). The van der Waals surface area contributed by atoms with Crippen LogP contribution in [-0.4, -0.2) is 29.0 Å². The summed E-state index contributed by atoms with van der Waals surface area (Å²) in [5.74, 6) is 0.754. The van der Waals surface area contributed by atoms with Crippen LogP contribution in [0.1, 0.15) is 56.7 Å². The van der Waals surface area contributed by atoms with Gasteiger partial charge in [-0.25, -0.2) is 4.98 Å². The first-order chi connectivity index (χ1) is 9.97. The predicted molar refractivity (Wildman–Crippen MR) is 78.0 cm³/mol. The number of ether oxygens (including phenoxy) is 2. The summed E-state index contributed by atoms with van der Waals surface area (Å²) >= 11 is 0. The van der Waals surface area contributed by atoms with Gasteiger partial charge in [-0.05, 0) is 38.0 Å². The number of hydrogen-bond acceptors (Lipinski definition) is 3. The smallest absolute Gasteiger partial charge is 0.174 e. The SMILES string of the molecule is Cc1nc2c([nH]1)CCC13CC1(C)C1(CCC23C)OCCO1. The maximum Gasteiger partial charge on any atom is 0.174 e. The summed E-state index contributed by atoms with van der Waals surface area (Å²) in [6, 6.07) is 0. The third kappa shape index (κ3) is 1.14. The number of H-pyrrole nitrogens is 1. The van der Waals surface area contributed by atoms with Crippen LogP contribution in [0.15, 0.2) is 0 Å². The summed E-state index contributed by atoms with van der Waals surface area (Å²) in [6.45, 7) is 8.44. The topological polar surface area (TPSA) is 47.1 Å². The van der Waals surface area contributed by atoms with E-state index in [4.69, 9.17) is 14.5 Å². The molecule has 2 spiro atoms. The molecule has 0 aromatic carbocycles.